The molecule has 1 aliphatic rings. The molecule has 0 aromatic carbocycles. The van der Waals surface area contributed by atoms with Gasteiger partial charge in [-0.25, -0.2) is 14.4 Å². The van der Waals surface area contributed by atoms with Crippen LogP contribution in [-0.2, 0) is 19.1 Å². The summed E-state index contributed by atoms with van der Waals surface area (Å²) in [6, 6.07) is -2.10. The first-order chi connectivity index (χ1) is 9.36. The second-order valence-electron chi connectivity index (χ2n) is 4.33. The third-order valence-electron chi connectivity index (χ3n) is 2.85. The topological polar surface area (TPSA) is 125 Å². The number of amides is 2. The van der Waals surface area contributed by atoms with E-state index in [0.717, 1.165) is 0 Å². The van der Waals surface area contributed by atoms with E-state index in [9.17, 15) is 19.5 Å². The third-order valence-corrected chi connectivity index (χ3v) is 2.85. The molecule has 0 aromatic heterocycles. The highest BCUT2D eigenvalue weighted by Crippen LogP contribution is 2.07. The van der Waals surface area contributed by atoms with Crippen molar-refractivity contribution in [3.63, 3.8) is 0 Å². The number of urea groups is 1. The molecule has 9 nitrogen and oxygen atoms in total. The minimum absolute atomic E-state index is 0.0370. The van der Waals surface area contributed by atoms with Gasteiger partial charge in [-0.1, -0.05) is 0 Å². The Morgan fingerprint density at radius 1 is 1.45 bits per heavy atom. The number of rotatable bonds is 4. The molecule has 3 atom stereocenters. The van der Waals surface area contributed by atoms with E-state index >= 15 is 0 Å². The number of aliphatic hydroxyl groups is 1. The Kier molecular flexibility index (Phi) is 5.71. The minimum atomic E-state index is -1.41. The van der Waals surface area contributed by atoms with Crippen molar-refractivity contribution in [1.82, 2.24) is 10.2 Å². The largest absolute Gasteiger partial charge is 0.480 e. The zero-order valence-electron chi connectivity index (χ0n) is 11.2. The molecule has 1 heterocycles. The first-order valence-corrected chi connectivity index (χ1v) is 6.02. The number of carboxylic acid groups (broad SMARTS) is 1. The zero-order chi connectivity index (χ0) is 15.3. The van der Waals surface area contributed by atoms with E-state index in [-0.39, 0.29) is 19.7 Å². The van der Waals surface area contributed by atoms with Crippen molar-refractivity contribution in [3.05, 3.63) is 0 Å². The van der Waals surface area contributed by atoms with Gasteiger partial charge < -0.3 is 29.9 Å². The Morgan fingerprint density at radius 2 is 2.10 bits per heavy atom. The van der Waals surface area contributed by atoms with Crippen LogP contribution in [0.1, 0.15) is 6.92 Å². The Balaban J connectivity index is 2.62. The van der Waals surface area contributed by atoms with Crippen LogP contribution in [0, 0.1) is 0 Å². The first-order valence-electron chi connectivity index (χ1n) is 6.02. The molecule has 0 spiro atoms. The molecular weight excluding hydrogens is 272 g/mol. The molecule has 2 amide bonds. The zero-order valence-corrected chi connectivity index (χ0v) is 11.2. The Bertz CT molecular complexity index is 385. The van der Waals surface area contributed by atoms with Crippen LogP contribution in [0.15, 0.2) is 0 Å². The average Bonchev–Trinajstić information content (AvgIpc) is 2.42. The lowest BCUT2D eigenvalue weighted by atomic mass is 10.2. The van der Waals surface area contributed by atoms with Gasteiger partial charge in [0.15, 0.2) is 12.1 Å². The molecule has 1 fully saturated rings. The van der Waals surface area contributed by atoms with Crippen molar-refractivity contribution in [1.29, 1.82) is 0 Å². The van der Waals surface area contributed by atoms with Crippen LogP contribution in [0.5, 0.6) is 0 Å². The average molecular weight is 290 g/mol. The summed E-state index contributed by atoms with van der Waals surface area (Å²) in [6.45, 7) is 1.57. The van der Waals surface area contributed by atoms with Gasteiger partial charge in [0.1, 0.15) is 0 Å². The van der Waals surface area contributed by atoms with E-state index < -0.39 is 36.2 Å². The van der Waals surface area contributed by atoms with Crippen molar-refractivity contribution >= 4 is 18.0 Å². The lowest BCUT2D eigenvalue weighted by Gasteiger charge is -2.32. The quantitative estimate of drug-likeness (QED) is 0.532. The third kappa shape index (κ3) is 4.07. The maximum Gasteiger partial charge on any atom is 0.336 e. The van der Waals surface area contributed by atoms with E-state index in [0.29, 0.717) is 0 Å². The van der Waals surface area contributed by atoms with Crippen LogP contribution >= 0.6 is 0 Å². The predicted molar refractivity (Wildman–Crippen MR) is 65.0 cm³/mol. The van der Waals surface area contributed by atoms with Gasteiger partial charge in [-0.3, -0.25) is 0 Å². The molecule has 1 saturated heterocycles. The molecule has 114 valence electrons. The summed E-state index contributed by atoms with van der Waals surface area (Å²) in [7, 11) is 1.21. The number of ether oxygens (including phenoxy) is 2. The number of morpholine rings is 1. The van der Waals surface area contributed by atoms with Gasteiger partial charge in [-0.05, 0) is 6.92 Å². The van der Waals surface area contributed by atoms with Crippen LogP contribution in [0.25, 0.3) is 0 Å². The highest BCUT2D eigenvalue weighted by molar-refractivity contribution is 5.83. The van der Waals surface area contributed by atoms with E-state index in [4.69, 9.17) is 9.84 Å². The van der Waals surface area contributed by atoms with Gasteiger partial charge in [0, 0.05) is 6.54 Å². The number of esters is 1. The highest BCUT2D eigenvalue weighted by Gasteiger charge is 2.32. The Morgan fingerprint density at radius 3 is 2.60 bits per heavy atom. The summed E-state index contributed by atoms with van der Waals surface area (Å²) >= 11 is 0. The molecule has 0 aliphatic carbocycles. The first kappa shape index (κ1) is 16.2. The van der Waals surface area contributed by atoms with E-state index in [2.05, 4.69) is 10.1 Å². The van der Waals surface area contributed by atoms with Crippen molar-refractivity contribution in [2.24, 2.45) is 0 Å². The number of hydrogen-bond donors (Lipinski definition) is 3. The molecule has 3 unspecified atom stereocenters. The van der Waals surface area contributed by atoms with Crippen molar-refractivity contribution in [2.75, 3.05) is 26.8 Å². The number of aliphatic hydroxyl groups excluding tert-OH is 1. The number of aliphatic carboxylic acids is 1. The van der Waals surface area contributed by atoms with Crippen LogP contribution in [-0.4, -0.2) is 78.1 Å². The van der Waals surface area contributed by atoms with Crippen molar-refractivity contribution < 1.29 is 34.1 Å². The van der Waals surface area contributed by atoms with Crippen molar-refractivity contribution in [3.8, 4) is 0 Å². The molecule has 0 radical (unpaired) electrons. The SMILES string of the molecule is COC(=O)C1CN(C(=O)NC(C(=O)O)C(C)O)CCO1. The van der Waals surface area contributed by atoms with Gasteiger partial charge in [-0.2, -0.15) is 0 Å². The van der Waals surface area contributed by atoms with E-state index in [1.54, 1.807) is 0 Å². The summed E-state index contributed by atoms with van der Waals surface area (Å²) < 4.78 is 9.67. The summed E-state index contributed by atoms with van der Waals surface area (Å²) in [5, 5.41) is 20.4. The standard InChI is InChI=1S/C11H18N2O7/c1-6(14)8(9(15)16)12-11(18)13-3-4-20-7(5-13)10(17)19-2/h6-8,14H,3-5H2,1-2H3,(H,12,18)(H,15,16). The van der Waals surface area contributed by atoms with E-state index in [1.807, 2.05) is 0 Å². The van der Waals surface area contributed by atoms with Gasteiger partial charge in [0.25, 0.3) is 0 Å². The molecule has 0 aromatic rings. The smallest absolute Gasteiger partial charge is 0.336 e. The summed E-state index contributed by atoms with van der Waals surface area (Å²) in [5.41, 5.74) is 0. The molecule has 1 aliphatic heterocycles. The van der Waals surface area contributed by atoms with Gasteiger partial charge in [0.05, 0.1) is 26.4 Å². The monoisotopic (exact) mass is 290 g/mol. The number of nitrogens with zero attached hydrogens (tertiary/aromatic N) is 1. The number of carbonyl (C=O) groups is 3. The van der Waals surface area contributed by atoms with Crippen LogP contribution < -0.4 is 5.32 Å². The summed E-state index contributed by atoms with van der Waals surface area (Å²) in [6.07, 6.45) is -2.14. The molecule has 3 N–H and O–H groups in total. The maximum atomic E-state index is 11.9. The van der Waals surface area contributed by atoms with Crippen LogP contribution in [0.3, 0.4) is 0 Å². The highest BCUT2D eigenvalue weighted by atomic mass is 16.6. The lowest BCUT2D eigenvalue weighted by molar-refractivity contribution is -0.158. The molecule has 0 bridgehead atoms. The Hall–Kier alpha value is -1.87. The number of hydrogen-bond acceptors (Lipinski definition) is 6. The fourth-order valence-corrected chi connectivity index (χ4v) is 1.72. The summed E-state index contributed by atoms with van der Waals surface area (Å²) in [5.74, 6) is -1.95. The predicted octanol–water partition coefficient (Wildman–Crippen LogP) is -1.60. The normalized spacial score (nSPS) is 21.8. The van der Waals surface area contributed by atoms with Crippen LogP contribution in [0.4, 0.5) is 4.79 Å². The number of methoxy groups -OCH3 is 1. The fraction of sp³-hybridized carbons (Fsp3) is 0.727. The number of nitrogens with one attached hydrogen (secondary N) is 1. The fourth-order valence-electron chi connectivity index (χ4n) is 1.72. The number of carbonyl (C=O) groups excluding carboxylic acids is 2. The minimum Gasteiger partial charge on any atom is -0.480 e. The Labute approximate surface area is 115 Å². The number of carboxylic acids is 1. The van der Waals surface area contributed by atoms with E-state index in [1.165, 1.54) is 18.9 Å². The van der Waals surface area contributed by atoms with Crippen molar-refractivity contribution in [2.45, 2.75) is 25.2 Å². The van der Waals surface area contributed by atoms with Gasteiger partial charge in [-0.15, -0.1) is 0 Å². The second kappa shape index (κ2) is 7.06. The lowest BCUT2D eigenvalue weighted by Crippen LogP contribution is -2.56. The molecule has 20 heavy (non-hydrogen) atoms. The van der Waals surface area contributed by atoms with Gasteiger partial charge in [0.2, 0.25) is 0 Å². The van der Waals surface area contributed by atoms with Gasteiger partial charge >= 0.3 is 18.0 Å². The van der Waals surface area contributed by atoms with Crippen LogP contribution in [0.2, 0.25) is 0 Å². The summed E-state index contributed by atoms with van der Waals surface area (Å²) in [4.78, 5) is 35.4. The second-order valence-corrected chi connectivity index (χ2v) is 4.33. The molecule has 1 rings (SSSR count). The molecule has 9 heteroatoms. The molecular formula is C11H18N2O7. The maximum absolute atomic E-state index is 11.9. The molecule has 0 saturated carbocycles.